The Kier molecular flexibility index (Phi) is 4.59. The molecule has 3 aromatic rings. The first-order chi connectivity index (χ1) is 20.1. The zero-order valence-corrected chi connectivity index (χ0v) is 19.6. The van der Waals surface area contributed by atoms with Crippen LogP contribution in [0.4, 0.5) is 5.82 Å². The summed E-state index contributed by atoms with van der Waals surface area (Å²) in [4.78, 5) is 15.2. The zero-order valence-electron chi connectivity index (χ0n) is 27.7. The van der Waals surface area contributed by atoms with Gasteiger partial charge in [-0.1, -0.05) is 34.9 Å². The van der Waals surface area contributed by atoms with Crippen LogP contribution in [-0.4, -0.2) is 48.1 Å². The second-order valence-electron chi connectivity index (χ2n) is 5.38. The van der Waals surface area contributed by atoms with Crippen molar-refractivity contribution in [3.05, 3.63) is 51.8 Å². The summed E-state index contributed by atoms with van der Waals surface area (Å²) in [6, 6.07) is -2.66. The van der Waals surface area contributed by atoms with Gasteiger partial charge < -0.3 is 9.47 Å². The molecule has 0 aliphatic carbocycles. The molecule has 0 fully saturated rings. The van der Waals surface area contributed by atoms with Gasteiger partial charge in [0, 0.05) is 33.0 Å². The molecule has 0 saturated heterocycles. The fourth-order valence-electron chi connectivity index (χ4n) is 2.05. The Bertz CT molecular complexity index is 1640. The van der Waals surface area contributed by atoms with Crippen LogP contribution in [-0.2, 0) is 10.2 Å². The van der Waals surface area contributed by atoms with Gasteiger partial charge in [0.05, 0.1) is 15.5 Å². The van der Waals surface area contributed by atoms with E-state index in [1.807, 2.05) is 0 Å². The van der Waals surface area contributed by atoms with Gasteiger partial charge in [-0.2, -0.15) is 13.1 Å². The van der Waals surface area contributed by atoms with Crippen molar-refractivity contribution < 1.29 is 34.3 Å². The highest BCUT2D eigenvalue weighted by molar-refractivity contribution is 9.10. The third kappa shape index (κ3) is 7.08. The summed E-state index contributed by atoms with van der Waals surface area (Å²) in [5, 5.41) is 0. The van der Waals surface area contributed by atoms with Crippen molar-refractivity contribution in [3.8, 4) is 23.0 Å². The first-order valence-electron chi connectivity index (χ1n) is 14.3. The zero-order chi connectivity index (χ0) is 33.4. The number of anilines is 1. The minimum Gasteiger partial charge on any atom is -0.473 e. The Morgan fingerprint density at radius 3 is 2.50 bits per heavy atom. The van der Waals surface area contributed by atoms with E-state index in [0.29, 0.717) is 4.47 Å². The molecule has 13 heteroatoms. The number of nitrogens with one attached hydrogen (secondary N) is 2. The van der Waals surface area contributed by atoms with Crippen molar-refractivity contribution in [2.75, 3.05) is 24.4 Å². The van der Waals surface area contributed by atoms with Gasteiger partial charge in [-0.15, -0.1) is 0 Å². The molecule has 2 heterocycles. The lowest BCUT2D eigenvalue weighted by molar-refractivity contribution is 0.202. The average Bonchev–Trinajstić information content (AvgIpc) is 2.89. The molecule has 32 heavy (non-hydrogen) atoms. The molecule has 10 nitrogen and oxygen atoms in total. The second-order valence-corrected chi connectivity index (χ2v) is 8.50. The van der Waals surface area contributed by atoms with E-state index in [1.165, 1.54) is 17.1 Å². The Morgan fingerprint density at radius 2 is 1.78 bits per heavy atom. The summed E-state index contributed by atoms with van der Waals surface area (Å²) in [7, 11) is -5.28. The molecule has 1 aromatic carbocycles. The summed E-state index contributed by atoms with van der Waals surface area (Å²) >= 11 is 6.11. The number of nitrogens with zero attached hydrogens (tertiary/aromatic N) is 4. The molecule has 0 atom stereocenters. The normalized spacial score (nSPS) is 17.9. The van der Waals surface area contributed by atoms with Gasteiger partial charge in [0.15, 0.2) is 5.82 Å². The third-order valence-electron chi connectivity index (χ3n) is 3.24. The Labute approximate surface area is 219 Å². The van der Waals surface area contributed by atoms with E-state index in [1.54, 1.807) is 4.72 Å². The second kappa shape index (κ2) is 11.5. The van der Waals surface area contributed by atoms with E-state index in [0.717, 1.165) is 0 Å². The van der Waals surface area contributed by atoms with Crippen molar-refractivity contribution in [3.63, 3.8) is 0 Å². The van der Waals surface area contributed by atoms with Gasteiger partial charge in [-0.05, 0) is 40.0 Å². The molecule has 3 rings (SSSR count). The Balaban J connectivity index is 2.11. The fourth-order valence-corrected chi connectivity index (χ4v) is 3.09. The van der Waals surface area contributed by atoms with Crippen LogP contribution >= 0.6 is 31.9 Å². The lowest BCUT2D eigenvalue weighted by atomic mass is 10.1. The van der Waals surface area contributed by atoms with Crippen molar-refractivity contribution in [2.45, 2.75) is 13.2 Å². The van der Waals surface area contributed by atoms with Crippen molar-refractivity contribution >= 4 is 47.9 Å². The van der Waals surface area contributed by atoms with Crippen molar-refractivity contribution in [1.82, 2.24) is 24.7 Å². The van der Waals surface area contributed by atoms with Gasteiger partial charge in [0.2, 0.25) is 5.88 Å². The number of benzene rings is 1. The lowest BCUT2D eigenvalue weighted by Crippen LogP contribution is -2.31. The molecule has 0 unspecified atom stereocenters. The molecular formula is C19H20Br2N6O4S. The van der Waals surface area contributed by atoms with E-state index in [4.69, 9.17) is 25.9 Å². The fraction of sp³-hybridized carbons (Fsp3) is 0.263. The SMILES string of the molecule is [2H]c1nc(NS(=O)(=O)NC([2H])([2H])C([2H])([2H])C([2H])([2H])[2H])c(-c2c([2H])c([2H])c(Br)c([2H])c2[2H])c(OCCOc2ncc(Br)cn2)n1. The summed E-state index contributed by atoms with van der Waals surface area (Å²) in [5.74, 6) is -1.52. The van der Waals surface area contributed by atoms with Crippen LogP contribution in [0.1, 0.15) is 29.7 Å². The lowest BCUT2D eigenvalue weighted by Gasteiger charge is -2.15. The van der Waals surface area contributed by atoms with Crippen LogP contribution in [0.2, 0.25) is 0 Å². The van der Waals surface area contributed by atoms with Crippen LogP contribution in [0.5, 0.6) is 11.9 Å². The molecule has 0 aliphatic heterocycles. The van der Waals surface area contributed by atoms with E-state index < -0.39 is 83.2 Å². The molecule has 0 bridgehead atoms. The van der Waals surface area contributed by atoms with E-state index in [-0.39, 0.29) is 23.7 Å². The minimum absolute atomic E-state index is 0.0425. The van der Waals surface area contributed by atoms with Gasteiger partial charge >= 0.3 is 6.01 Å². The van der Waals surface area contributed by atoms with Crippen LogP contribution in [0, 0.1) is 0 Å². The number of aromatic nitrogens is 4. The van der Waals surface area contributed by atoms with Gasteiger partial charge in [-0.3, -0.25) is 4.72 Å². The van der Waals surface area contributed by atoms with Crippen molar-refractivity contribution in [2.24, 2.45) is 0 Å². The van der Waals surface area contributed by atoms with E-state index in [9.17, 15) is 8.42 Å². The molecule has 0 aliphatic rings. The molecular weight excluding hydrogens is 568 g/mol. The molecule has 0 radical (unpaired) electrons. The first kappa shape index (κ1) is 12.8. The number of halogens is 2. The van der Waals surface area contributed by atoms with E-state index in [2.05, 4.69) is 51.8 Å². The standard InChI is InChI=1S/C19H20Br2N6O4S/c1-2-7-26-32(28,29)27-17-16(13-3-5-14(20)6-4-13)18(25-12-24-17)30-8-9-31-19-22-10-15(21)11-23-19/h3-6,10-12,26H,2,7-9H2,1H3,(H,24,25,27)/i1D3,2D2,3D,4D,5D,6D,7D2,12D. The van der Waals surface area contributed by atoms with Crippen LogP contribution in [0.15, 0.2) is 51.8 Å². The molecule has 0 amide bonds. The highest BCUT2D eigenvalue weighted by Crippen LogP contribution is 2.34. The maximum Gasteiger partial charge on any atom is 0.316 e. The maximum atomic E-state index is 13.0. The molecule has 0 spiro atoms. The number of rotatable bonds is 11. The summed E-state index contributed by atoms with van der Waals surface area (Å²) in [6.45, 7) is -7.94. The van der Waals surface area contributed by atoms with Gasteiger partial charge in [-0.25, -0.2) is 19.9 Å². The van der Waals surface area contributed by atoms with Gasteiger partial charge in [0.1, 0.15) is 20.9 Å². The molecule has 170 valence electrons. The molecule has 2 aromatic heterocycles. The quantitative estimate of drug-likeness (QED) is 0.320. The number of hydrogen-bond acceptors (Lipinski definition) is 8. The largest absolute Gasteiger partial charge is 0.473 e. The number of ether oxygens (including phenoxy) is 2. The van der Waals surface area contributed by atoms with Gasteiger partial charge in [0.25, 0.3) is 10.2 Å². The highest BCUT2D eigenvalue weighted by Gasteiger charge is 2.19. The summed E-state index contributed by atoms with van der Waals surface area (Å²) in [5.41, 5.74) is -1.20. The predicted molar refractivity (Wildman–Crippen MR) is 127 cm³/mol. The summed E-state index contributed by atoms with van der Waals surface area (Å²) < 4.78 is 134. The molecule has 2 N–H and O–H groups in total. The monoisotopic (exact) mass is 598 g/mol. The van der Waals surface area contributed by atoms with Crippen LogP contribution < -0.4 is 18.9 Å². The van der Waals surface area contributed by atoms with Crippen LogP contribution in [0.3, 0.4) is 0 Å². The summed E-state index contributed by atoms with van der Waals surface area (Å²) in [6.07, 6.45) is -1.80. The van der Waals surface area contributed by atoms with Crippen molar-refractivity contribution in [1.29, 1.82) is 0 Å². The average molecular weight is 600 g/mol. The minimum atomic E-state index is -5.28. The number of hydrogen-bond donors (Lipinski definition) is 2. The van der Waals surface area contributed by atoms with Crippen LogP contribution in [0.25, 0.3) is 11.1 Å². The smallest absolute Gasteiger partial charge is 0.316 e. The topological polar surface area (TPSA) is 128 Å². The van der Waals surface area contributed by atoms with E-state index >= 15 is 0 Å². The predicted octanol–water partition coefficient (Wildman–Crippen LogP) is 3.57. The highest BCUT2D eigenvalue weighted by atomic mass is 79.9. The third-order valence-corrected chi connectivity index (χ3v) is 4.88. The molecule has 0 saturated carbocycles. The maximum absolute atomic E-state index is 13.0. The Morgan fingerprint density at radius 1 is 1.06 bits per heavy atom. The Hall–Kier alpha value is -2.35. The first-order valence-corrected chi connectivity index (χ1v) is 11.4.